The number of hydrogen-bond donors (Lipinski definition) is 1. The van der Waals surface area contributed by atoms with E-state index in [9.17, 15) is 14.4 Å². The van der Waals surface area contributed by atoms with Crippen molar-refractivity contribution < 1.29 is 23.7 Å². The second-order valence-electron chi connectivity index (χ2n) is 5.55. The molecule has 0 fully saturated rings. The van der Waals surface area contributed by atoms with Gasteiger partial charge in [-0.2, -0.15) is 9.67 Å². The minimum absolute atomic E-state index is 0. The molecule has 0 unspecified atom stereocenters. The third-order valence-corrected chi connectivity index (χ3v) is 3.79. The lowest BCUT2D eigenvalue weighted by atomic mass is 10.1. The fourth-order valence-electron chi connectivity index (χ4n) is 2.09. The Hall–Kier alpha value is -2.58. The van der Waals surface area contributed by atoms with E-state index in [1.165, 1.54) is 6.92 Å². The van der Waals surface area contributed by atoms with Gasteiger partial charge in [0, 0.05) is 22.7 Å². The predicted molar refractivity (Wildman–Crippen MR) is 110 cm³/mol. The van der Waals surface area contributed by atoms with E-state index in [2.05, 4.69) is 10.5 Å². The number of benzene rings is 1. The van der Waals surface area contributed by atoms with E-state index in [1.54, 1.807) is 60.3 Å². The van der Waals surface area contributed by atoms with Crippen molar-refractivity contribution >= 4 is 52.0 Å². The number of nitrogens with one attached hydrogen (secondary N) is 1. The van der Waals surface area contributed by atoms with E-state index in [1.807, 2.05) is 0 Å². The molecule has 148 valence electrons. The number of halogens is 2. The van der Waals surface area contributed by atoms with Gasteiger partial charge >= 0.3 is 5.97 Å². The zero-order chi connectivity index (χ0) is 19.8. The molecule has 1 amide bonds. The number of amides is 1. The number of ketones is 1. The zero-order valence-corrected chi connectivity index (χ0v) is 17.8. The molecule has 0 spiro atoms. The lowest BCUT2D eigenvalue weighted by molar-refractivity contribution is -0.683. The molecule has 0 saturated carbocycles. The summed E-state index contributed by atoms with van der Waals surface area (Å²) in [6.45, 7) is 3.48. The Kier molecular flexibility index (Phi) is 9.47. The summed E-state index contributed by atoms with van der Waals surface area (Å²) in [5.41, 5.74) is 3.23. The topological polar surface area (TPSA) is 88.7 Å². The zero-order valence-electron chi connectivity index (χ0n) is 15.3. The number of carbonyl (C=O) groups is 3. The summed E-state index contributed by atoms with van der Waals surface area (Å²) >= 11 is 5.81. The Balaban J connectivity index is 0.00000392. The summed E-state index contributed by atoms with van der Waals surface area (Å²) in [5.74, 6) is -1.15. The molecule has 2 aromatic rings. The van der Waals surface area contributed by atoms with Crippen LogP contribution < -0.4 is 9.99 Å². The van der Waals surface area contributed by atoms with Gasteiger partial charge in [0.2, 0.25) is 12.3 Å². The number of Topliss-reactive ketones (excluding diaryl/α,β-unsaturated/α-hetero) is 1. The van der Waals surface area contributed by atoms with Gasteiger partial charge in [-0.3, -0.25) is 9.59 Å². The van der Waals surface area contributed by atoms with Crippen LogP contribution in [-0.4, -0.2) is 30.0 Å². The Morgan fingerprint density at radius 1 is 1.07 bits per heavy atom. The monoisotopic (exact) mass is 468 g/mol. The highest BCUT2D eigenvalue weighted by atomic mass is 79.9. The van der Waals surface area contributed by atoms with Crippen LogP contribution in [0.2, 0.25) is 5.02 Å². The standard InChI is InChI=1S/C19H18ClN3O4.BrH/c1-3-27-19(26)13(2)21-22-18(25)15-8-10-23(11-9-15)12-17(24)14-4-6-16(20)7-5-14;/h4-11H,3,12H2,1-2H3;1H/p+1. The number of hydrazone groups is 1. The number of aromatic nitrogens is 1. The lowest BCUT2D eigenvalue weighted by Crippen LogP contribution is -2.37. The van der Waals surface area contributed by atoms with Gasteiger partial charge < -0.3 is 4.74 Å². The summed E-state index contributed by atoms with van der Waals surface area (Å²) in [4.78, 5) is 35.7. The van der Waals surface area contributed by atoms with E-state index >= 15 is 0 Å². The SMILES string of the molecule is Br.CCOC(=O)/C(C)=N/NC(=O)c1cc[n+](CC(=O)c2ccc(Cl)cc2)cc1. The second-order valence-corrected chi connectivity index (χ2v) is 5.98. The van der Waals surface area contributed by atoms with Crippen LogP contribution in [0.4, 0.5) is 0 Å². The van der Waals surface area contributed by atoms with Crippen LogP contribution in [0.3, 0.4) is 0 Å². The fourth-order valence-corrected chi connectivity index (χ4v) is 2.21. The quantitative estimate of drug-likeness (QED) is 0.222. The first-order valence-electron chi connectivity index (χ1n) is 8.20. The van der Waals surface area contributed by atoms with E-state index in [-0.39, 0.29) is 41.6 Å². The van der Waals surface area contributed by atoms with Gasteiger partial charge in [-0.05, 0) is 38.1 Å². The molecule has 0 aliphatic carbocycles. The number of carbonyl (C=O) groups excluding carboxylic acids is 3. The van der Waals surface area contributed by atoms with Crippen molar-refractivity contribution in [3.8, 4) is 0 Å². The molecule has 0 bridgehead atoms. The first-order valence-corrected chi connectivity index (χ1v) is 8.58. The van der Waals surface area contributed by atoms with Crippen molar-refractivity contribution in [2.24, 2.45) is 5.10 Å². The smallest absolute Gasteiger partial charge is 0.354 e. The molecular formula is C19H20BrClN3O4+. The average molecular weight is 470 g/mol. The minimum Gasteiger partial charge on any atom is -0.461 e. The number of nitrogens with zero attached hydrogens (tertiary/aromatic N) is 2. The maximum absolute atomic E-state index is 12.2. The molecule has 28 heavy (non-hydrogen) atoms. The Bertz CT molecular complexity index is 868. The fraction of sp³-hybridized carbons (Fsp3) is 0.211. The summed E-state index contributed by atoms with van der Waals surface area (Å²) in [6.07, 6.45) is 3.23. The molecule has 7 nitrogen and oxygen atoms in total. The second kappa shape index (κ2) is 11.3. The molecule has 0 aliphatic heterocycles. The molecule has 1 N–H and O–H groups in total. The van der Waals surface area contributed by atoms with E-state index in [0.717, 1.165) is 0 Å². The third-order valence-electron chi connectivity index (χ3n) is 3.54. The summed E-state index contributed by atoms with van der Waals surface area (Å²) in [5, 5.41) is 4.27. The maximum atomic E-state index is 12.2. The van der Waals surface area contributed by atoms with E-state index in [0.29, 0.717) is 16.1 Å². The molecule has 9 heteroatoms. The van der Waals surface area contributed by atoms with Gasteiger partial charge in [-0.15, -0.1) is 17.0 Å². The highest BCUT2D eigenvalue weighted by molar-refractivity contribution is 8.93. The van der Waals surface area contributed by atoms with Crippen LogP contribution >= 0.6 is 28.6 Å². The molecule has 1 aromatic carbocycles. The van der Waals surface area contributed by atoms with Crippen molar-refractivity contribution in [3.05, 3.63) is 64.9 Å². The molecular weight excluding hydrogens is 450 g/mol. The van der Waals surface area contributed by atoms with Crippen LogP contribution in [0.15, 0.2) is 53.9 Å². The molecule has 0 radical (unpaired) electrons. The van der Waals surface area contributed by atoms with Crippen molar-refractivity contribution in [1.29, 1.82) is 0 Å². The number of pyridine rings is 1. The van der Waals surface area contributed by atoms with Crippen LogP contribution in [0.1, 0.15) is 34.6 Å². The number of esters is 1. The van der Waals surface area contributed by atoms with Crippen molar-refractivity contribution in [2.75, 3.05) is 6.61 Å². The first kappa shape index (κ1) is 23.5. The Labute approximate surface area is 178 Å². The molecule has 0 saturated heterocycles. The number of ether oxygens (including phenoxy) is 1. The van der Waals surface area contributed by atoms with E-state index < -0.39 is 11.9 Å². The van der Waals surface area contributed by atoms with Gasteiger partial charge in [0.15, 0.2) is 12.4 Å². The van der Waals surface area contributed by atoms with Crippen LogP contribution in [0.5, 0.6) is 0 Å². The summed E-state index contributed by atoms with van der Waals surface area (Å²) in [7, 11) is 0. The molecule has 0 aliphatic rings. The van der Waals surface area contributed by atoms with Crippen molar-refractivity contribution in [3.63, 3.8) is 0 Å². The predicted octanol–water partition coefficient (Wildman–Crippen LogP) is 2.76. The average Bonchev–Trinajstić information content (AvgIpc) is 2.67. The summed E-state index contributed by atoms with van der Waals surface area (Å²) < 4.78 is 6.43. The highest BCUT2D eigenvalue weighted by Crippen LogP contribution is 2.10. The number of hydrogen-bond acceptors (Lipinski definition) is 5. The molecule has 0 atom stereocenters. The van der Waals surface area contributed by atoms with Crippen molar-refractivity contribution in [1.82, 2.24) is 5.43 Å². The maximum Gasteiger partial charge on any atom is 0.354 e. The molecule has 1 heterocycles. The minimum atomic E-state index is -0.593. The largest absolute Gasteiger partial charge is 0.461 e. The van der Waals surface area contributed by atoms with E-state index in [4.69, 9.17) is 16.3 Å². The van der Waals surface area contributed by atoms with Gasteiger partial charge in [-0.25, -0.2) is 10.2 Å². The van der Waals surface area contributed by atoms with Crippen LogP contribution in [0, 0.1) is 0 Å². The third kappa shape index (κ3) is 6.86. The molecule has 2 rings (SSSR count). The van der Waals surface area contributed by atoms with Gasteiger partial charge in [-0.1, -0.05) is 11.6 Å². The van der Waals surface area contributed by atoms with Crippen molar-refractivity contribution in [2.45, 2.75) is 20.4 Å². The van der Waals surface area contributed by atoms with Gasteiger partial charge in [0.1, 0.15) is 5.71 Å². The van der Waals surface area contributed by atoms with Gasteiger partial charge in [0.05, 0.1) is 12.2 Å². The Morgan fingerprint density at radius 3 is 2.25 bits per heavy atom. The highest BCUT2D eigenvalue weighted by Gasteiger charge is 2.14. The first-order chi connectivity index (χ1) is 12.9. The normalized spacial score (nSPS) is 10.6. The Morgan fingerprint density at radius 2 is 1.68 bits per heavy atom. The number of rotatable bonds is 7. The van der Waals surface area contributed by atoms with Crippen LogP contribution in [-0.2, 0) is 16.1 Å². The molecule has 1 aromatic heterocycles. The lowest BCUT2D eigenvalue weighted by Gasteiger charge is -2.03. The van der Waals surface area contributed by atoms with Crippen LogP contribution in [0.25, 0.3) is 0 Å². The van der Waals surface area contributed by atoms with Gasteiger partial charge in [0.25, 0.3) is 5.91 Å². The summed E-state index contributed by atoms with van der Waals surface area (Å²) in [6, 6.07) is 9.75.